The second-order valence-electron chi connectivity index (χ2n) is 4.81. The van der Waals surface area contributed by atoms with E-state index in [1.807, 2.05) is 7.05 Å². The van der Waals surface area contributed by atoms with E-state index in [0.29, 0.717) is 0 Å². The number of benzene rings is 1. The highest BCUT2D eigenvalue weighted by Gasteiger charge is 2.23. The molecule has 0 saturated heterocycles. The number of rotatable bonds is 0. The van der Waals surface area contributed by atoms with E-state index in [1.165, 1.54) is 16.5 Å². The molecule has 3 nitrogen and oxygen atoms in total. The van der Waals surface area contributed by atoms with Gasteiger partial charge in [-0.15, -0.1) is 0 Å². The van der Waals surface area contributed by atoms with Crippen molar-refractivity contribution in [3.8, 4) is 0 Å². The zero-order valence-electron chi connectivity index (χ0n) is 10.2. The van der Waals surface area contributed by atoms with Crippen molar-refractivity contribution in [3.63, 3.8) is 0 Å². The summed E-state index contributed by atoms with van der Waals surface area (Å²) in [7, 11) is 1.87. The van der Waals surface area contributed by atoms with E-state index in [0.717, 1.165) is 30.6 Å². The quantitative estimate of drug-likeness (QED) is 0.739. The normalized spacial score (nSPS) is 16.1. The molecule has 0 unspecified atom stereocenters. The number of nitrogens with zero attached hydrogens (tertiary/aromatic N) is 1. The van der Waals surface area contributed by atoms with Crippen LogP contribution in [0, 0.1) is 6.92 Å². The first-order chi connectivity index (χ1) is 8.18. The Kier molecular flexibility index (Phi) is 2.21. The van der Waals surface area contributed by atoms with Crippen molar-refractivity contribution < 1.29 is 4.79 Å². The van der Waals surface area contributed by atoms with Crippen LogP contribution >= 0.6 is 0 Å². The van der Waals surface area contributed by atoms with E-state index in [-0.39, 0.29) is 5.91 Å². The molecule has 0 spiro atoms. The Morgan fingerprint density at radius 3 is 3.00 bits per heavy atom. The first-order valence-electron chi connectivity index (χ1n) is 6.04. The van der Waals surface area contributed by atoms with Crippen molar-refractivity contribution in [2.24, 2.45) is 0 Å². The van der Waals surface area contributed by atoms with Gasteiger partial charge in [0.1, 0.15) is 5.69 Å². The fraction of sp³-hybridized carbons (Fsp3) is 0.357. The summed E-state index contributed by atoms with van der Waals surface area (Å²) >= 11 is 0. The number of nitrogens with one attached hydrogen (secondary N) is 1. The van der Waals surface area contributed by atoms with Gasteiger partial charge in [-0.25, -0.2) is 0 Å². The fourth-order valence-corrected chi connectivity index (χ4v) is 2.65. The number of aromatic amines is 1. The number of aryl methyl sites for hydroxylation is 2. The predicted molar refractivity (Wildman–Crippen MR) is 68.3 cm³/mol. The van der Waals surface area contributed by atoms with Crippen LogP contribution in [-0.2, 0) is 6.42 Å². The van der Waals surface area contributed by atoms with Crippen molar-refractivity contribution in [1.29, 1.82) is 0 Å². The van der Waals surface area contributed by atoms with Crippen LogP contribution in [0.1, 0.15) is 28.0 Å². The zero-order chi connectivity index (χ0) is 12.0. The second-order valence-corrected chi connectivity index (χ2v) is 4.81. The Bertz CT molecular complexity index is 598. The molecule has 17 heavy (non-hydrogen) atoms. The van der Waals surface area contributed by atoms with Gasteiger partial charge in [0.25, 0.3) is 5.91 Å². The Hall–Kier alpha value is -1.77. The lowest BCUT2D eigenvalue weighted by molar-refractivity contribution is 0.0795. The third-order valence-corrected chi connectivity index (χ3v) is 3.63. The summed E-state index contributed by atoms with van der Waals surface area (Å²) in [5.74, 6) is 0.119. The Balaban J connectivity index is 2.30. The van der Waals surface area contributed by atoms with Gasteiger partial charge in [-0.3, -0.25) is 4.79 Å². The molecule has 88 valence electrons. The second kappa shape index (κ2) is 3.62. The van der Waals surface area contributed by atoms with Gasteiger partial charge < -0.3 is 9.88 Å². The summed E-state index contributed by atoms with van der Waals surface area (Å²) in [5.41, 5.74) is 4.29. The molecule has 3 rings (SSSR count). The maximum Gasteiger partial charge on any atom is 0.270 e. The smallest absolute Gasteiger partial charge is 0.270 e. The van der Waals surface area contributed by atoms with Crippen LogP contribution in [0.2, 0.25) is 0 Å². The zero-order valence-corrected chi connectivity index (χ0v) is 10.2. The lowest BCUT2D eigenvalue weighted by atomic mass is 10.0. The topological polar surface area (TPSA) is 36.1 Å². The molecule has 1 aliphatic heterocycles. The van der Waals surface area contributed by atoms with Crippen LogP contribution in [0.5, 0.6) is 0 Å². The lowest BCUT2D eigenvalue weighted by Crippen LogP contribution is -2.26. The van der Waals surface area contributed by atoms with Gasteiger partial charge in [0.15, 0.2) is 0 Å². The van der Waals surface area contributed by atoms with E-state index in [9.17, 15) is 4.79 Å². The molecule has 1 amide bonds. The third-order valence-electron chi connectivity index (χ3n) is 3.63. The molecule has 0 saturated carbocycles. The Morgan fingerprint density at radius 1 is 1.35 bits per heavy atom. The van der Waals surface area contributed by atoms with Gasteiger partial charge in [0.2, 0.25) is 0 Å². The summed E-state index contributed by atoms with van der Waals surface area (Å²) in [6.45, 7) is 2.92. The van der Waals surface area contributed by atoms with Crippen molar-refractivity contribution in [2.75, 3.05) is 13.6 Å². The molecule has 1 N–H and O–H groups in total. The number of hydrogen-bond donors (Lipinski definition) is 1. The maximum atomic E-state index is 12.2. The number of fused-ring (bicyclic) bond motifs is 3. The first-order valence-corrected chi connectivity index (χ1v) is 6.04. The number of carbonyl (C=O) groups is 1. The van der Waals surface area contributed by atoms with Gasteiger partial charge in [0.05, 0.1) is 0 Å². The van der Waals surface area contributed by atoms with E-state index in [1.54, 1.807) is 4.90 Å². The van der Waals surface area contributed by atoms with Gasteiger partial charge >= 0.3 is 0 Å². The Morgan fingerprint density at radius 2 is 2.18 bits per heavy atom. The van der Waals surface area contributed by atoms with E-state index in [2.05, 4.69) is 30.1 Å². The van der Waals surface area contributed by atoms with Gasteiger partial charge in [-0.05, 0) is 30.9 Å². The Labute approximate surface area is 100 Å². The predicted octanol–water partition coefficient (Wildman–Crippen LogP) is 2.49. The van der Waals surface area contributed by atoms with Crippen molar-refractivity contribution >= 4 is 16.8 Å². The summed E-state index contributed by atoms with van der Waals surface area (Å²) in [4.78, 5) is 17.3. The lowest BCUT2D eigenvalue weighted by Gasteiger charge is -2.12. The van der Waals surface area contributed by atoms with Crippen LogP contribution in [0.25, 0.3) is 10.9 Å². The molecule has 0 aliphatic carbocycles. The molecular weight excluding hydrogens is 212 g/mol. The molecule has 0 atom stereocenters. The average molecular weight is 228 g/mol. The van der Waals surface area contributed by atoms with Crippen LogP contribution < -0.4 is 0 Å². The monoisotopic (exact) mass is 228 g/mol. The molecule has 0 fully saturated rings. The van der Waals surface area contributed by atoms with Crippen molar-refractivity contribution in [3.05, 3.63) is 35.0 Å². The molecule has 1 aliphatic rings. The van der Waals surface area contributed by atoms with Crippen LogP contribution in [0.3, 0.4) is 0 Å². The average Bonchev–Trinajstić information content (AvgIpc) is 2.62. The highest BCUT2D eigenvalue weighted by atomic mass is 16.2. The number of para-hydroxylation sites is 1. The molecule has 0 radical (unpaired) electrons. The molecular formula is C14H16N2O. The summed E-state index contributed by atoms with van der Waals surface area (Å²) in [5, 5.41) is 1.21. The molecule has 1 aromatic carbocycles. The van der Waals surface area contributed by atoms with E-state index in [4.69, 9.17) is 0 Å². The van der Waals surface area contributed by atoms with Gasteiger partial charge in [-0.2, -0.15) is 0 Å². The number of hydrogen-bond acceptors (Lipinski definition) is 1. The molecule has 2 heterocycles. The summed E-state index contributed by atoms with van der Waals surface area (Å²) in [6, 6.07) is 6.24. The van der Waals surface area contributed by atoms with Crippen LogP contribution in [0.15, 0.2) is 18.2 Å². The minimum absolute atomic E-state index is 0.119. The highest BCUT2D eigenvalue weighted by Crippen LogP contribution is 2.28. The highest BCUT2D eigenvalue weighted by molar-refractivity contribution is 6.02. The number of carbonyl (C=O) groups excluding carboxylic acids is 1. The minimum Gasteiger partial charge on any atom is -0.350 e. The van der Waals surface area contributed by atoms with E-state index >= 15 is 0 Å². The number of amides is 1. The molecule has 1 aromatic heterocycles. The minimum atomic E-state index is 0.119. The van der Waals surface area contributed by atoms with Crippen LogP contribution in [-0.4, -0.2) is 29.4 Å². The molecule has 3 heteroatoms. The maximum absolute atomic E-state index is 12.2. The van der Waals surface area contributed by atoms with Gasteiger partial charge in [0, 0.05) is 24.5 Å². The van der Waals surface area contributed by atoms with Gasteiger partial charge in [-0.1, -0.05) is 18.2 Å². The summed E-state index contributed by atoms with van der Waals surface area (Å²) in [6.07, 6.45) is 2.02. The molecule has 0 bridgehead atoms. The first kappa shape index (κ1) is 10.4. The van der Waals surface area contributed by atoms with Crippen LogP contribution in [0.4, 0.5) is 0 Å². The van der Waals surface area contributed by atoms with Crippen molar-refractivity contribution in [1.82, 2.24) is 9.88 Å². The standard InChI is InChI=1S/C14H16N2O/c1-9-5-3-6-10-11-7-4-8-16(2)14(17)13(11)15-12(9)10/h3,5-6,15H,4,7-8H2,1-2H3. The summed E-state index contributed by atoms with van der Waals surface area (Å²) < 4.78 is 0. The number of aromatic nitrogens is 1. The SMILES string of the molecule is Cc1cccc2c3c([nH]c12)C(=O)N(C)CCC3. The number of H-pyrrole nitrogens is 1. The fourth-order valence-electron chi connectivity index (χ4n) is 2.65. The van der Waals surface area contributed by atoms with Crippen molar-refractivity contribution in [2.45, 2.75) is 19.8 Å². The van der Waals surface area contributed by atoms with E-state index < -0.39 is 0 Å². The third kappa shape index (κ3) is 1.46. The largest absolute Gasteiger partial charge is 0.350 e. The molecule has 2 aromatic rings.